The maximum Gasteiger partial charge on any atom is 0.255 e. The molecule has 1 aromatic carbocycles. The molecule has 9 heteroatoms. The van der Waals surface area contributed by atoms with Gasteiger partial charge in [0.2, 0.25) is 5.78 Å². The van der Waals surface area contributed by atoms with Crippen LogP contribution in [0.3, 0.4) is 0 Å². The highest BCUT2D eigenvalue weighted by molar-refractivity contribution is 6.22. The van der Waals surface area contributed by atoms with Gasteiger partial charge >= 0.3 is 0 Å². The molecule has 1 heterocycles. The number of aryl methyl sites for hydroxylation is 1. The van der Waals surface area contributed by atoms with Gasteiger partial charge in [0.05, 0.1) is 11.3 Å². The van der Waals surface area contributed by atoms with Gasteiger partial charge in [0.25, 0.3) is 5.91 Å². The lowest BCUT2D eigenvalue weighted by Crippen LogP contribution is -2.58. The second-order valence-electron chi connectivity index (χ2n) is 8.73. The molecule has 3 atom stereocenters. The Hall–Kier alpha value is -3.33. The highest BCUT2D eigenvalue weighted by atomic mass is 16.3. The van der Waals surface area contributed by atoms with Crippen LogP contribution >= 0.6 is 0 Å². The van der Waals surface area contributed by atoms with Crippen molar-refractivity contribution in [3.8, 4) is 5.75 Å². The monoisotopic (exact) mass is 426 g/mol. The number of phenols is 1. The van der Waals surface area contributed by atoms with Crippen molar-refractivity contribution >= 4 is 28.9 Å². The second-order valence-corrected chi connectivity index (χ2v) is 8.73. The fraction of sp³-hybridized carbons (Fsp3) is 0.409. The molecule has 0 bridgehead atoms. The number of nitrogens with one attached hydrogen (secondary N) is 1. The average molecular weight is 426 g/mol. The van der Waals surface area contributed by atoms with Gasteiger partial charge in [-0.1, -0.05) is 6.07 Å². The van der Waals surface area contributed by atoms with Crippen molar-refractivity contribution in [1.82, 2.24) is 0 Å². The van der Waals surface area contributed by atoms with Crippen LogP contribution in [0.1, 0.15) is 36.0 Å². The van der Waals surface area contributed by atoms with E-state index in [1.54, 1.807) is 0 Å². The van der Waals surface area contributed by atoms with E-state index in [0.717, 1.165) is 18.4 Å². The molecular weight excluding hydrogens is 404 g/mol. The molecule has 5 rings (SSSR count). The van der Waals surface area contributed by atoms with Gasteiger partial charge in [0, 0.05) is 24.5 Å². The number of hydrogen-bond acceptors (Lipinski definition) is 8. The van der Waals surface area contributed by atoms with Crippen molar-refractivity contribution < 1.29 is 34.8 Å². The minimum absolute atomic E-state index is 0.123. The number of carbonyl (C=O) groups excluding carboxylic acids is 3. The third kappa shape index (κ3) is 2.43. The van der Waals surface area contributed by atoms with Gasteiger partial charge in [-0.15, -0.1) is 0 Å². The number of benzene rings is 1. The molecule has 1 aliphatic heterocycles. The number of phenolic OH excluding ortho intramolecular Hbond substituents is 1. The van der Waals surface area contributed by atoms with Crippen molar-refractivity contribution in [1.29, 1.82) is 0 Å². The van der Waals surface area contributed by atoms with Gasteiger partial charge in [0.15, 0.2) is 11.4 Å². The molecule has 0 spiro atoms. The first kappa shape index (κ1) is 19.6. The summed E-state index contributed by atoms with van der Waals surface area (Å²) in [5, 5.41) is 46.7. The molecule has 9 nitrogen and oxygen atoms in total. The van der Waals surface area contributed by atoms with E-state index >= 15 is 0 Å². The topological polar surface area (TPSA) is 170 Å². The average Bonchev–Trinajstić information content (AvgIpc) is 2.70. The number of Topliss-reactive ketones (excluding diaryl/α,β-unsaturated/α-hetero) is 2. The Morgan fingerprint density at radius 3 is 2.61 bits per heavy atom. The Morgan fingerprint density at radius 2 is 1.90 bits per heavy atom. The van der Waals surface area contributed by atoms with Crippen molar-refractivity contribution in [3.05, 3.63) is 39.7 Å². The number of carbonyl (C=O) groups is 3. The molecule has 1 aromatic rings. The van der Waals surface area contributed by atoms with E-state index in [-0.39, 0.29) is 29.7 Å². The normalized spacial score (nSPS) is 29.6. The Morgan fingerprint density at radius 1 is 1.16 bits per heavy atom. The van der Waals surface area contributed by atoms with Crippen LogP contribution in [0.4, 0.5) is 5.69 Å². The minimum Gasteiger partial charge on any atom is -0.508 e. The summed E-state index contributed by atoms with van der Waals surface area (Å²) in [6.07, 6.45) is 1.83. The fourth-order valence-corrected chi connectivity index (χ4v) is 5.62. The molecular formula is C22H22N2O7. The van der Waals surface area contributed by atoms with Gasteiger partial charge in [0.1, 0.15) is 22.8 Å². The largest absolute Gasteiger partial charge is 0.508 e. The summed E-state index contributed by atoms with van der Waals surface area (Å²) in [4.78, 5) is 37.4. The molecule has 1 amide bonds. The van der Waals surface area contributed by atoms with Crippen LogP contribution < -0.4 is 11.1 Å². The van der Waals surface area contributed by atoms with Crippen LogP contribution in [0.2, 0.25) is 0 Å². The molecule has 31 heavy (non-hydrogen) atoms. The first-order valence-electron chi connectivity index (χ1n) is 10.2. The number of hydrogen-bond donors (Lipinski definition) is 6. The highest BCUT2D eigenvalue weighted by Crippen LogP contribution is 2.53. The van der Waals surface area contributed by atoms with Crippen molar-refractivity contribution in [2.45, 2.75) is 37.7 Å². The Labute approximate surface area is 176 Å². The lowest BCUT2D eigenvalue weighted by Gasteiger charge is -2.46. The minimum atomic E-state index is -2.53. The van der Waals surface area contributed by atoms with Crippen LogP contribution in [0.25, 0.3) is 5.76 Å². The standard InChI is InChI=1S/C22H22N2O7/c23-21(30)15-12(25)7-11-6-10-5-9-4-8-2-1-3-24-16(8)18(27)13(9)17(26)14(10)19(28)22(11,31)20(15)29/h4,10-11,24,26-27,29,31H,1-3,5-7H2,(H2,23,30)/t10?,11-,22-/m0/s1. The van der Waals surface area contributed by atoms with E-state index in [9.17, 15) is 34.8 Å². The predicted molar refractivity (Wildman–Crippen MR) is 108 cm³/mol. The summed E-state index contributed by atoms with van der Waals surface area (Å²) in [6.45, 7) is 0.669. The lowest BCUT2D eigenvalue weighted by molar-refractivity contribution is -0.147. The van der Waals surface area contributed by atoms with E-state index in [1.807, 2.05) is 6.07 Å². The number of primary amides is 1. The van der Waals surface area contributed by atoms with Gasteiger partial charge in [-0.25, -0.2) is 0 Å². The van der Waals surface area contributed by atoms with E-state index in [4.69, 9.17) is 5.73 Å². The smallest absolute Gasteiger partial charge is 0.255 e. The molecule has 3 aliphatic carbocycles. The van der Waals surface area contributed by atoms with Gasteiger partial charge in [-0.3, -0.25) is 14.4 Å². The molecule has 0 radical (unpaired) electrons. The second kappa shape index (κ2) is 6.34. The molecule has 4 aliphatic rings. The Kier molecular flexibility index (Phi) is 4.01. The third-order valence-electron chi connectivity index (χ3n) is 7.06. The lowest BCUT2D eigenvalue weighted by atomic mass is 9.59. The molecule has 1 saturated carbocycles. The zero-order valence-electron chi connectivity index (χ0n) is 16.6. The summed E-state index contributed by atoms with van der Waals surface area (Å²) in [7, 11) is 0. The summed E-state index contributed by atoms with van der Waals surface area (Å²) in [5.74, 6) is -6.07. The first-order valence-corrected chi connectivity index (χ1v) is 10.2. The fourth-order valence-electron chi connectivity index (χ4n) is 5.62. The summed E-state index contributed by atoms with van der Waals surface area (Å²) in [5.41, 5.74) is 3.99. The van der Waals surface area contributed by atoms with Gasteiger partial charge < -0.3 is 31.5 Å². The van der Waals surface area contributed by atoms with Crippen molar-refractivity contribution in [3.63, 3.8) is 0 Å². The van der Waals surface area contributed by atoms with Gasteiger partial charge in [-0.05, 0) is 42.7 Å². The maximum absolute atomic E-state index is 13.4. The quantitative estimate of drug-likeness (QED) is 0.283. The van der Waals surface area contributed by atoms with Crippen molar-refractivity contribution in [2.75, 3.05) is 11.9 Å². The van der Waals surface area contributed by atoms with E-state index < -0.39 is 52.0 Å². The molecule has 162 valence electrons. The molecule has 1 unspecified atom stereocenters. The molecule has 7 N–H and O–H groups in total. The summed E-state index contributed by atoms with van der Waals surface area (Å²) in [6, 6.07) is 1.91. The zero-order chi connectivity index (χ0) is 22.2. The number of rotatable bonds is 1. The number of nitrogens with two attached hydrogens (primary N) is 1. The number of ketones is 2. The van der Waals surface area contributed by atoms with E-state index in [0.29, 0.717) is 24.2 Å². The van der Waals surface area contributed by atoms with E-state index in [2.05, 4.69) is 5.32 Å². The SMILES string of the molecule is NC(=O)C1=C(O)[C@@]2(O)C(=O)C3=C(O)c4c(cc5c(c4O)NCCC5)CC3C[C@H]2CC1=O. The van der Waals surface area contributed by atoms with Crippen LogP contribution in [0.15, 0.2) is 23.0 Å². The van der Waals surface area contributed by atoms with Crippen LogP contribution in [0, 0.1) is 11.8 Å². The third-order valence-corrected chi connectivity index (χ3v) is 7.06. The molecule has 0 aromatic heterocycles. The summed E-state index contributed by atoms with van der Waals surface area (Å²) < 4.78 is 0. The first-order chi connectivity index (χ1) is 14.7. The number of aliphatic hydroxyl groups is 3. The van der Waals surface area contributed by atoms with Crippen molar-refractivity contribution in [2.24, 2.45) is 17.6 Å². The van der Waals surface area contributed by atoms with Crippen LogP contribution in [-0.2, 0) is 27.2 Å². The van der Waals surface area contributed by atoms with E-state index in [1.165, 1.54) is 0 Å². The predicted octanol–water partition coefficient (Wildman–Crippen LogP) is 0.782. The zero-order valence-corrected chi connectivity index (χ0v) is 16.6. The van der Waals surface area contributed by atoms with Crippen LogP contribution in [0.5, 0.6) is 5.75 Å². The van der Waals surface area contributed by atoms with Crippen LogP contribution in [-0.4, -0.2) is 50.0 Å². The Bertz CT molecular complexity index is 1150. The number of fused-ring (bicyclic) bond motifs is 4. The number of aliphatic hydroxyl groups excluding tert-OH is 2. The molecule has 0 saturated heterocycles. The van der Waals surface area contributed by atoms with Gasteiger partial charge in [-0.2, -0.15) is 0 Å². The maximum atomic E-state index is 13.4. The highest BCUT2D eigenvalue weighted by Gasteiger charge is 2.60. The number of aromatic hydroxyl groups is 1. The Balaban J connectivity index is 1.70. The molecule has 1 fully saturated rings. The summed E-state index contributed by atoms with van der Waals surface area (Å²) >= 11 is 0. The number of anilines is 1. The number of amides is 1.